The number of para-hydroxylation sites is 1. The van der Waals surface area contributed by atoms with E-state index in [0.29, 0.717) is 5.69 Å². The Bertz CT molecular complexity index is 736. The van der Waals surface area contributed by atoms with Crippen molar-refractivity contribution in [1.82, 2.24) is 9.78 Å². The van der Waals surface area contributed by atoms with Crippen LogP contribution in [0, 0.1) is 0 Å². The Labute approximate surface area is 121 Å². The van der Waals surface area contributed by atoms with Gasteiger partial charge >= 0.3 is 0 Å². The Morgan fingerprint density at radius 3 is 2.15 bits per heavy atom. The number of nitrogens with zero attached hydrogens (tertiary/aromatic N) is 2. The third-order valence-corrected chi connectivity index (χ3v) is 3.17. The van der Waals surface area contributed by atoms with Crippen LogP contribution in [-0.4, -0.2) is 15.0 Å². The van der Waals surface area contributed by atoms with Gasteiger partial charge in [0, 0.05) is 5.56 Å². The van der Waals surface area contributed by atoms with E-state index < -0.39 is 5.24 Å². The van der Waals surface area contributed by atoms with Crippen LogP contribution in [0.15, 0.2) is 66.7 Å². The molecule has 98 valence electrons. The van der Waals surface area contributed by atoms with Gasteiger partial charge in [-0.3, -0.25) is 4.79 Å². The Balaban J connectivity index is 2.15. The summed E-state index contributed by atoms with van der Waals surface area (Å²) in [6.07, 6.45) is 0. The Kier molecular flexibility index (Phi) is 3.35. The lowest BCUT2D eigenvalue weighted by Gasteiger charge is -2.03. The Hall–Kier alpha value is -2.39. The van der Waals surface area contributed by atoms with E-state index in [2.05, 4.69) is 5.10 Å². The number of rotatable bonds is 3. The van der Waals surface area contributed by atoms with E-state index in [1.807, 2.05) is 60.7 Å². The maximum absolute atomic E-state index is 11.6. The second-order valence-electron chi connectivity index (χ2n) is 4.30. The molecule has 4 heteroatoms. The fourth-order valence-corrected chi connectivity index (χ4v) is 2.17. The average Bonchev–Trinajstić information content (AvgIpc) is 2.94. The minimum Gasteiger partial charge on any atom is -0.274 e. The summed E-state index contributed by atoms with van der Waals surface area (Å²) in [5.41, 5.74) is 2.83. The standard InChI is InChI=1S/C16H11ClN2O/c17-16(20)15-11-14(12-7-3-1-4-8-12)18-19(15)13-9-5-2-6-10-13/h1-11H. The van der Waals surface area contributed by atoms with Crippen LogP contribution in [0.25, 0.3) is 16.9 Å². The summed E-state index contributed by atoms with van der Waals surface area (Å²) in [4.78, 5) is 11.6. The second kappa shape index (κ2) is 5.31. The summed E-state index contributed by atoms with van der Waals surface area (Å²) in [5, 5.41) is 3.96. The molecule has 3 nitrogen and oxygen atoms in total. The monoisotopic (exact) mass is 282 g/mol. The number of benzene rings is 2. The van der Waals surface area contributed by atoms with E-state index in [0.717, 1.165) is 16.9 Å². The van der Waals surface area contributed by atoms with E-state index in [4.69, 9.17) is 11.6 Å². The van der Waals surface area contributed by atoms with Crippen molar-refractivity contribution in [3.63, 3.8) is 0 Å². The molecule has 0 saturated carbocycles. The van der Waals surface area contributed by atoms with Crippen LogP contribution in [0.4, 0.5) is 0 Å². The minimum absolute atomic E-state index is 0.358. The van der Waals surface area contributed by atoms with Gasteiger partial charge in [-0.05, 0) is 29.8 Å². The van der Waals surface area contributed by atoms with Gasteiger partial charge < -0.3 is 0 Å². The normalized spacial score (nSPS) is 10.4. The van der Waals surface area contributed by atoms with Crippen molar-refractivity contribution in [1.29, 1.82) is 0 Å². The highest BCUT2D eigenvalue weighted by atomic mass is 35.5. The van der Waals surface area contributed by atoms with E-state index in [-0.39, 0.29) is 0 Å². The van der Waals surface area contributed by atoms with Crippen LogP contribution in [-0.2, 0) is 0 Å². The molecule has 1 heterocycles. The van der Waals surface area contributed by atoms with Crippen LogP contribution >= 0.6 is 11.6 Å². The van der Waals surface area contributed by atoms with Gasteiger partial charge in [0.05, 0.1) is 11.4 Å². The average molecular weight is 283 g/mol. The van der Waals surface area contributed by atoms with Gasteiger partial charge in [0.2, 0.25) is 0 Å². The van der Waals surface area contributed by atoms with Crippen molar-refractivity contribution in [2.45, 2.75) is 0 Å². The summed E-state index contributed by atoms with van der Waals surface area (Å²) in [6, 6.07) is 20.8. The predicted octanol–water partition coefficient (Wildman–Crippen LogP) is 3.92. The van der Waals surface area contributed by atoms with Crippen molar-refractivity contribution in [2.75, 3.05) is 0 Å². The summed E-state index contributed by atoms with van der Waals surface area (Å²) >= 11 is 5.66. The van der Waals surface area contributed by atoms with Crippen LogP contribution < -0.4 is 0 Å². The summed E-state index contributed by atoms with van der Waals surface area (Å²) in [7, 11) is 0. The van der Waals surface area contributed by atoms with Gasteiger partial charge in [-0.1, -0.05) is 48.5 Å². The van der Waals surface area contributed by atoms with Crippen LogP contribution in [0.2, 0.25) is 0 Å². The quantitative estimate of drug-likeness (QED) is 0.683. The molecule has 0 aliphatic rings. The molecule has 0 atom stereocenters. The highest BCUT2D eigenvalue weighted by Crippen LogP contribution is 2.22. The minimum atomic E-state index is -0.525. The van der Waals surface area contributed by atoms with E-state index in [9.17, 15) is 4.79 Å². The van der Waals surface area contributed by atoms with Gasteiger partial charge in [-0.15, -0.1) is 0 Å². The molecule has 0 amide bonds. The smallest absolute Gasteiger partial charge is 0.270 e. The molecule has 0 bridgehead atoms. The molecule has 20 heavy (non-hydrogen) atoms. The first kappa shape index (κ1) is 12.6. The predicted molar refractivity (Wildman–Crippen MR) is 79.2 cm³/mol. The first-order valence-electron chi connectivity index (χ1n) is 6.16. The van der Waals surface area contributed by atoms with Crippen LogP contribution in [0.5, 0.6) is 0 Å². The molecule has 3 aromatic rings. The molecule has 0 N–H and O–H groups in total. The van der Waals surface area contributed by atoms with Gasteiger partial charge in [0.1, 0.15) is 5.69 Å². The second-order valence-corrected chi connectivity index (χ2v) is 4.65. The maximum atomic E-state index is 11.6. The zero-order valence-corrected chi connectivity index (χ0v) is 11.3. The molecular formula is C16H11ClN2O. The van der Waals surface area contributed by atoms with Crippen molar-refractivity contribution in [3.05, 3.63) is 72.4 Å². The van der Waals surface area contributed by atoms with E-state index in [1.165, 1.54) is 0 Å². The van der Waals surface area contributed by atoms with Crippen molar-refractivity contribution < 1.29 is 4.79 Å². The molecule has 3 rings (SSSR count). The lowest BCUT2D eigenvalue weighted by Crippen LogP contribution is -2.04. The fraction of sp³-hybridized carbons (Fsp3) is 0. The first-order chi connectivity index (χ1) is 9.75. The zero-order chi connectivity index (χ0) is 13.9. The third-order valence-electron chi connectivity index (χ3n) is 2.98. The fourth-order valence-electron chi connectivity index (χ4n) is 2.04. The number of aromatic nitrogens is 2. The number of halogens is 1. The van der Waals surface area contributed by atoms with Gasteiger partial charge in [-0.25, -0.2) is 4.68 Å². The molecule has 0 saturated heterocycles. The van der Waals surface area contributed by atoms with Crippen molar-refractivity contribution in [3.8, 4) is 16.9 Å². The van der Waals surface area contributed by atoms with Crippen LogP contribution in [0.1, 0.15) is 10.5 Å². The lowest BCUT2D eigenvalue weighted by atomic mass is 10.1. The molecule has 0 fully saturated rings. The number of hydrogen-bond acceptors (Lipinski definition) is 2. The SMILES string of the molecule is O=C(Cl)c1cc(-c2ccccc2)nn1-c1ccccc1. The Morgan fingerprint density at radius 2 is 1.55 bits per heavy atom. The molecule has 0 radical (unpaired) electrons. The van der Waals surface area contributed by atoms with Gasteiger partial charge in [0.15, 0.2) is 0 Å². The van der Waals surface area contributed by atoms with Gasteiger partial charge in [0.25, 0.3) is 5.24 Å². The third kappa shape index (κ3) is 2.36. The summed E-state index contributed by atoms with van der Waals surface area (Å²) in [5.74, 6) is 0. The Morgan fingerprint density at radius 1 is 0.950 bits per heavy atom. The molecular weight excluding hydrogens is 272 g/mol. The van der Waals surface area contributed by atoms with Crippen molar-refractivity contribution >= 4 is 16.8 Å². The van der Waals surface area contributed by atoms with Crippen molar-refractivity contribution in [2.24, 2.45) is 0 Å². The molecule has 2 aromatic carbocycles. The first-order valence-corrected chi connectivity index (χ1v) is 6.54. The number of hydrogen-bond donors (Lipinski definition) is 0. The number of carbonyl (C=O) groups excluding carboxylic acids is 1. The number of carbonyl (C=O) groups is 1. The highest BCUT2D eigenvalue weighted by molar-refractivity contribution is 6.67. The largest absolute Gasteiger partial charge is 0.274 e. The molecule has 0 aliphatic carbocycles. The highest BCUT2D eigenvalue weighted by Gasteiger charge is 2.15. The maximum Gasteiger partial charge on any atom is 0.270 e. The molecule has 0 aliphatic heterocycles. The topological polar surface area (TPSA) is 34.9 Å². The molecule has 1 aromatic heterocycles. The van der Waals surface area contributed by atoms with E-state index >= 15 is 0 Å². The summed E-state index contributed by atoms with van der Waals surface area (Å²) < 4.78 is 1.57. The summed E-state index contributed by atoms with van der Waals surface area (Å²) in [6.45, 7) is 0. The van der Waals surface area contributed by atoms with Crippen LogP contribution in [0.3, 0.4) is 0 Å². The molecule has 0 unspecified atom stereocenters. The molecule has 0 spiro atoms. The van der Waals surface area contributed by atoms with Gasteiger partial charge in [-0.2, -0.15) is 5.10 Å². The van der Waals surface area contributed by atoms with E-state index in [1.54, 1.807) is 10.7 Å². The zero-order valence-electron chi connectivity index (χ0n) is 10.5. The lowest BCUT2D eigenvalue weighted by molar-refractivity contribution is 0.107.